The Bertz CT molecular complexity index is 395. The minimum atomic E-state index is 0.0774. The maximum atomic E-state index is 9.15. The molecule has 108 valence electrons. The summed E-state index contributed by atoms with van der Waals surface area (Å²) in [7, 11) is 1.60. The molecule has 0 fully saturated rings. The zero-order valence-corrected chi connectivity index (χ0v) is 12.5. The van der Waals surface area contributed by atoms with Crippen LogP contribution in [0.2, 0.25) is 5.02 Å². The average molecular weight is 288 g/mol. The molecule has 2 N–H and O–H groups in total. The minimum absolute atomic E-state index is 0.0774. The molecule has 0 spiro atoms. The first-order valence-electron chi connectivity index (χ1n) is 6.49. The van der Waals surface area contributed by atoms with E-state index < -0.39 is 0 Å². The highest BCUT2D eigenvalue weighted by molar-refractivity contribution is 6.31. The summed E-state index contributed by atoms with van der Waals surface area (Å²) in [6, 6.07) is 3.71. The van der Waals surface area contributed by atoms with Gasteiger partial charge in [0.15, 0.2) is 11.5 Å². The van der Waals surface area contributed by atoms with E-state index in [9.17, 15) is 0 Å². The van der Waals surface area contributed by atoms with Crippen molar-refractivity contribution in [3.05, 3.63) is 22.7 Å². The number of aliphatic hydroxyl groups is 1. The molecule has 0 bridgehead atoms. The molecular weight excluding hydrogens is 266 g/mol. The monoisotopic (exact) mass is 287 g/mol. The van der Waals surface area contributed by atoms with Crippen LogP contribution >= 0.6 is 11.6 Å². The van der Waals surface area contributed by atoms with E-state index in [1.165, 1.54) is 0 Å². The van der Waals surface area contributed by atoms with Crippen LogP contribution in [0.4, 0.5) is 0 Å². The smallest absolute Gasteiger partial charge is 0.162 e. The number of hydrogen-bond acceptors (Lipinski definition) is 4. The van der Waals surface area contributed by atoms with Crippen LogP contribution in [-0.4, -0.2) is 31.5 Å². The molecule has 0 amide bonds. The van der Waals surface area contributed by atoms with E-state index in [0.717, 1.165) is 12.0 Å². The van der Waals surface area contributed by atoms with Gasteiger partial charge in [-0.2, -0.15) is 0 Å². The van der Waals surface area contributed by atoms with Gasteiger partial charge in [-0.25, -0.2) is 0 Å². The molecule has 1 atom stereocenters. The van der Waals surface area contributed by atoms with Crippen LogP contribution in [0.25, 0.3) is 0 Å². The van der Waals surface area contributed by atoms with Crippen LogP contribution in [0, 0.1) is 0 Å². The van der Waals surface area contributed by atoms with E-state index in [1.807, 2.05) is 19.9 Å². The maximum Gasteiger partial charge on any atom is 0.162 e. The fourth-order valence-corrected chi connectivity index (χ4v) is 1.95. The molecule has 5 heteroatoms. The Morgan fingerprint density at radius 2 is 2.05 bits per heavy atom. The molecule has 0 aliphatic rings. The number of benzene rings is 1. The number of ether oxygens (including phenoxy) is 2. The van der Waals surface area contributed by atoms with Gasteiger partial charge in [0, 0.05) is 23.7 Å². The van der Waals surface area contributed by atoms with Gasteiger partial charge in [-0.1, -0.05) is 18.5 Å². The molecule has 0 aromatic heterocycles. The Morgan fingerprint density at radius 3 is 2.58 bits per heavy atom. The molecule has 0 aliphatic carbocycles. The first-order chi connectivity index (χ1) is 9.15. The van der Waals surface area contributed by atoms with Crippen molar-refractivity contribution < 1.29 is 14.6 Å². The Balaban J connectivity index is 2.83. The van der Waals surface area contributed by atoms with E-state index >= 15 is 0 Å². The van der Waals surface area contributed by atoms with Gasteiger partial charge in [0.2, 0.25) is 0 Å². The number of hydrogen-bond donors (Lipinski definition) is 2. The van der Waals surface area contributed by atoms with E-state index in [-0.39, 0.29) is 12.6 Å². The predicted octanol–water partition coefficient (Wildman–Crippen LogP) is 2.61. The molecule has 1 rings (SSSR count). The zero-order valence-electron chi connectivity index (χ0n) is 11.7. The molecule has 0 radical (unpaired) electrons. The van der Waals surface area contributed by atoms with Crippen molar-refractivity contribution in [2.24, 2.45) is 0 Å². The summed E-state index contributed by atoms with van der Waals surface area (Å²) in [6.07, 6.45) is 0.863. The fraction of sp³-hybridized carbons (Fsp3) is 0.571. The van der Waals surface area contributed by atoms with Gasteiger partial charge < -0.3 is 19.9 Å². The Labute approximate surface area is 119 Å². The Hall–Kier alpha value is -0.970. The van der Waals surface area contributed by atoms with Crippen LogP contribution < -0.4 is 14.8 Å². The van der Waals surface area contributed by atoms with E-state index in [2.05, 4.69) is 5.32 Å². The summed E-state index contributed by atoms with van der Waals surface area (Å²) in [5.74, 6) is 1.31. The lowest BCUT2D eigenvalue weighted by Gasteiger charge is -2.16. The number of halogens is 1. The summed E-state index contributed by atoms with van der Waals surface area (Å²) in [5, 5.41) is 13.0. The SMILES string of the molecule is CCOc1cc(Cl)c(CNC(CC)CO)cc1OC. The average Bonchev–Trinajstić information content (AvgIpc) is 2.42. The standard InChI is InChI=1S/C14H22ClNO3/c1-4-11(9-17)16-8-10-6-13(18-3)14(19-5-2)7-12(10)15/h6-7,11,16-17H,4-5,8-9H2,1-3H3. The van der Waals surface area contributed by atoms with E-state index in [0.29, 0.717) is 29.7 Å². The third-order valence-corrected chi connectivity index (χ3v) is 3.28. The maximum absolute atomic E-state index is 9.15. The molecule has 0 saturated heterocycles. The van der Waals surface area contributed by atoms with Gasteiger partial charge in [-0.05, 0) is 25.0 Å². The van der Waals surface area contributed by atoms with Gasteiger partial charge in [0.05, 0.1) is 20.3 Å². The molecule has 1 unspecified atom stereocenters. The minimum Gasteiger partial charge on any atom is -0.493 e. The van der Waals surface area contributed by atoms with Crippen LogP contribution in [-0.2, 0) is 6.54 Å². The van der Waals surface area contributed by atoms with Crippen LogP contribution in [0.1, 0.15) is 25.8 Å². The summed E-state index contributed by atoms with van der Waals surface area (Å²) < 4.78 is 10.8. The van der Waals surface area contributed by atoms with Gasteiger partial charge >= 0.3 is 0 Å². The molecule has 0 aliphatic heterocycles. The number of aliphatic hydroxyl groups excluding tert-OH is 1. The lowest BCUT2D eigenvalue weighted by molar-refractivity contribution is 0.238. The van der Waals surface area contributed by atoms with Gasteiger partial charge in [0.1, 0.15) is 0 Å². The van der Waals surface area contributed by atoms with Crippen molar-refractivity contribution in [2.75, 3.05) is 20.3 Å². The van der Waals surface area contributed by atoms with Crippen molar-refractivity contribution in [1.29, 1.82) is 0 Å². The summed E-state index contributed by atoms with van der Waals surface area (Å²) in [6.45, 7) is 5.19. The third kappa shape index (κ3) is 4.56. The molecule has 1 aromatic rings. The lowest BCUT2D eigenvalue weighted by atomic mass is 10.1. The van der Waals surface area contributed by atoms with Crippen molar-refractivity contribution in [3.63, 3.8) is 0 Å². The highest BCUT2D eigenvalue weighted by Crippen LogP contribution is 2.33. The van der Waals surface area contributed by atoms with Crippen LogP contribution in [0.15, 0.2) is 12.1 Å². The third-order valence-electron chi connectivity index (χ3n) is 2.93. The lowest BCUT2D eigenvalue weighted by Crippen LogP contribution is -2.31. The van der Waals surface area contributed by atoms with E-state index in [4.69, 9.17) is 26.2 Å². The van der Waals surface area contributed by atoms with Crippen LogP contribution in [0.3, 0.4) is 0 Å². The Morgan fingerprint density at radius 1 is 1.32 bits per heavy atom. The first-order valence-corrected chi connectivity index (χ1v) is 6.87. The normalized spacial score (nSPS) is 12.3. The summed E-state index contributed by atoms with van der Waals surface area (Å²) in [4.78, 5) is 0. The number of methoxy groups -OCH3 is 1. The second-order valence-corrected chi connectivity index (χ2v) is 4.60. The van der Waals surface area contributed by atoms with Crippen molar-refractivity contribution in [1.82, 2.24) is 5.32 Å². The molecule has 19 heavy (non-hydrogen) atoms. The molecule has 0 saturated carbocycles. The first kappa shape index (κ1) is 16.1. The highest BCUT2D eigenvalue weighted by Gasteiger charge is 2.11. The van der Waals surface area contributed by atoms with Crippen LogP contribution in [0.5, 0.6) is 11.5 Å². The summed E-state index contributed by atoms with van der Waals surface area (Å²) >= 11 is 6.23. The van der Waals surface area contributed by atoms with Crippen molar-refractivity contribution >= 4 is 11.6 Å². The van der Waals surface area contributed by atoms with Crippen molar-refractivity contribution in [2.45, 2.75) is 32.9 Å². The largest absolute Gasteiger partial charge is 0.493 e. The molecular formula is C14H22ClNO3. The molecule has 1 aromatic carbocycles. The van der Waals surface area contributed by atoms with E-state index in [1.54, 1.807) is 13.2 Å². The second-order valence-electron chi connectivity index (χ2n) is 4.20. The quantitative estimate of drug-likeness (QED) is 0.772. The highest BCUT2D eigenvalue weighted by atomic mass is 35.5. The molecule has 0 heterocycles. The molecule has 4 nitrogen and oxygen atoms in total. The second kappa shape index (κ2) is 8.25. The van der Waals surface area contributed by atoms with Gasteiger partial charge in [-0.15, -0.1) is 0 Å². The topological polar surface area (TPSA) is 50.7 Å². The predicted molar refractivity (Wildman–Crippen MR) is 77.2 cm³/mol. The zero-order chi connectivity index (χ0) is 14.3. The number of nitrogens with one attached hydrogen (secondary N) is 1. The Kier molecular flexibility index (Phi) is 6.99. The van der Waals surface area contributed by atoms with Gasteiger partial charge in [0.25, 0.3) is 0 Å². The summed E-state index contributed by atoms with van der Waals surface area (Å²) in [5.41, 5.74) is 0.925. The van der Waals surface area contributed by atoms with Crippen molar-refractivity contribution in [3.8, 4) is 11.5 Å². The van der Waals surface area contributed by atoms with Gasteiger partial charge in [-0.3, -0.25) is 0 Å². The fourth-order valence-electron chi connectivity index (χ4n) is 1.73. The number of rotatable bonds is 8.